The third-order valence-electron chi connectivity index (χ3n) is 2.08. The van der Waals surface area contributed by atoms with Crippen molar-refractivity contribution in [2.45, 2.75) is 25.9 Å². The van der Waals surface area contributed by atoms with E-state index in [1.54, 1.807) is 6.92 Å². The molecule has 1 unspecified atom stereocenters. The molecule has 0 aliphatic rings. The predicted octanol–water partition coefficient (Wildman–Crippen LogP) is -0.322. The van der Waals surface area contributed by atoms with Crippen molar-refractivity contribution in [3.63, 3.8) is 0 Å². The molecule has 1 rings (SSSR count). The lowest BCUT2D eigenvalue weighted by Crippen LogP contribution is -2.35. The SMILES string of the molecule is CC(CO)NC(=O)CCn1cnc([N+](=O)[O-])c1. The fourth-order valence-electron chi connectivity index (χ4n) is 1.19. The molecule has 1 atom stereocenters. The van der Waals surface area contributed by atoms with Gasteiger partial charge in [-0.1, -0.05) is 0 Å². The van der Waals surface area contributed by atoms with Crippen molar-refractivity contribution in [1.29, 1.82) is 0 Å². The second-order valence-electron chi connectivity index (χ2n) is 3.63. The molecule has 0 aromatic carbocycles. The van der Waals surface area contributed by atoms with Crippen LogP contribution in [0.5, 0.6) is 0 Å². The number of hydrogen-bond acceptors (Lipinski definition) is 5. The highest BCUT2D eigenvalue weighted by Gasteiger charge is 2.11. The molecule has 0 aliphatic carbocycles. The predicted molar refractivity (Wildman–Crippen MR) is 58.2 cm³/mol. The summed E-state index contributed by atoms with van der Waals surface area (Å²) in [4.78, 5) is 24.7. The monoisotopic (exact) mass is 242 g/mol. The number of nitro groups is 1. The summed E-state index contributed by atoms with van der Waals surface area (Å²) in [7, 11) is 0. The van der Waals surface area contributed by atoms with Crippen LogP contribution < -0.4 is 5.32 Å². The van der Waals surface area contributed by atoms with Crippen molar-refractivity contribution in [3.8, 4) is 0 Å². The zero-order valence-electron chi connectivity index (χ0n) is 9.37. The van der Waals surface area contributed by atoms with Crippen LogP contribution in [0, 0.1) is 10.1 Å². The number of aryl methyl sites for hydroxylation is 1. The minimum atomic E-state index is -0.593. The summed E-state index contributed by atoms with van der Waals surface area (Å²) in [6.45, 7) is 1.87. The first-order valence-corrected chi connectivity index (χ1v) is 5.09. The van der Waals surface area contributed by atoms with Gasteiger partial charge < -0.3 is 25.1 Å². The molecule has 0 saturated heterocycles. The lowest BCUT2D eigenvalue weighted by atomic mass is 10.3. The van der Waals surface area contributed by atoms with Crippen molar-refractivity contribution in [2.24, 2.45) is 0 Å². The van der Waals surface area contributed by atoms with Gasteiger partial charge >= 0.3 is 5.82 Å². The largest absolute Gasteiger partial charge is 0.394 e. The summed E-state index contributed by atoms with van der Waals surface area (Å²) >= 11 is 0. The van der Waals surface area contributed by atoms with E-state index in [-0.39, 0.29) is 30.8 Å². The van der Waals surface area contributed by atoms with Crippen LogP contribution in [0.25, 0.3) is 0 Å². The van der Waals surface area contributed by atoms with Crippen molar-refractivity contribution in [3.05, 3.63) is 22.6 Å². The fourth-order valence-corrected chi connectivity index (χ4v) is 1.19. The number of carbonyl (C=O) groups is 1. The van der Waals surface area contributed by atoms with Gasteiger partial charge in [-0.05, 0) is 16.8 Å². The van der Waals surface area contributed by atoms with Gasteiger partial charge in [-0.3, -0.25) is 4.79 Å². The highest BCUT2D eigenvalue weighted by Crippen LogP contribution is 2.05. The van der Waals surface area contributed by atoms with Crippen molar-refractivity contribution >= 4 is 11.7 Å². The molecule has 1 aromatic rings. The van der Waals surface area contributed by atoms with E-state index in [1.807, 2.05) is 0 Å². The number of hydrogen-bond donors (Lipinski definition) is 2. The third kappa shape index (κ3) is 4.19. The summed E-state index contributed by atoms with van der Waals surface area (Å²) in [5.41, 5.74) is 0. The lowest BCUT2D eigenvalue weighted by Gasteiger charge is -2.10. The van der Waals surface area contributed by atoms with Gasteiger partial charge in [0.25, 0.3) is 0 Å². The molecule has 0 saturated carbocycles. The number of imidazole rings is 1. The lowest BCUT2D eigenvalue weighted by molar-refractivity contribution is -0.389. The summed E-state index contributed by atoms with van der Waals surface area (Å²) in [5, 5.41) is 21.7. The van der Waals surface area contributed by atoms with Gasteiger partial charge in [-0.25, -0.2) is 0 Å². The molecule has 1 amide bonds. The Morgan fingerprint density at radius 3 is 3.00 bits per heavy atom. The molecule has 0 aliphatic heterocycles. The second-order valence-corrected chi connectivity index (χ2v) is 3.63. The zero-order valence-corrected chi connectivity index (χ0v) is 9.37. The number of nitrogens with zero attached hydrogens (tertiary/aromatic N) is 3. The third-order valence-corrected chi connectivity index (χ3v) is 2.08. The zero-order chi connectivity index (χ0) is 12.8. The van der Waals surface area contributed by atoms with E-state index >= 15 is 0 Å². The Hall–Kier alpha value is -1.96. The molecule has 94 valence electrons. The highest BCUT2D eigenvalue weighted by atomic mass is 16.6. The van der Waals surface area contributed by atoms with E-state index in [9.17, 15) is 14.9 Å². The minimum absolute atomic E-state index is 0.123. The first-order chi connectivity index (χ1) is 8.02. The summed E-state index contributed by atoms with van der Waals surface area (Å²) < 4.78 is 1.47. The van der Waals surface area contributed by atoms with Gasteiger partial charge in [0.2, 0.25) is 12.2 Å². The molecule has 1 heterocycles. The van der Waals surface area contributed by atoms with Crippen LogP contribution in [0.4, 0.5) is 5.82 Å². The number of aliphatic hydroxyl groups is 1. The summed E-state index contributed by atoms with van der Waals surface area (Å²) in [6.07, 6.45) is 2.75. The minimum Gasteiger partial charge on any atom is -0.394 e. The van der Waals surface area contributed by atoms with Gasteiger partial charge in [0.1, 0.15) is 6.20 Å². The normalized spacial score (nSPS) is 12.1. The molecule has 1 aromatic heterocycles. The number of carbonyl (C=O) groups excluding carboxylic acids is 1. The molecule has 8 nitrogen and oxygen atoms in total. The molecule has 0 spiro atoms. The number of aliphatic hydroxyl groups excluding tert-OH is 1. The Kier molecular flexibility index (Phi) is 4.58. The summed E-state index contributed by atoms with van der Waals surface area (Å²) in [5.74, 6) is -0.461. The quantitative estimate of drug-likeness (QED) is 0.524. The van der Waals surface area contributed by atoms with Crippen LogP contribution in [0.15, 0.2) is 12.5 Å². The maximum atomic E-state index is 11.3. The Labute approximate surface area is 97.4 Å². The van der Waals surface area contributed by atoms with E-state index in [2.05, 4.69) is 10.3 Å². The van der Waals surface area contributed by atoms with Gasteiger partial charge in [-0.2, -0.15) is 0 Å². The van der Waals surface area contributed by atoms with Gasteiger partial charge in [0.05, 0.1) is 6.61 Å². The second kappa shape index (κ2) is 5.94. The van der Waals surface area contributed by atoms with Crippen LogP contribution in [0.1, 0.15) is 13.3 Å². The molecule has 8 heteroatoms. The molecule has 0 radical (unpaired) electrons. The van der Waals surface area contributed by atoms with Crippen LogP contribution in [-0.2, 0) is 11.3 Å². The standard InChI is InChI=1S/C9H14N4O4/c1-7(5-14)11-9(15)2-3-12-4-8(10-6-12)13(16)17/h4,6-7,14H,2-3,5H2,1H3,(H,11,15). The molecule has 2 N–H and O–H groups in total. The van der Waals surface area contributed by atoms with Crippen LogP contribution in [0.3, 0.4) is 0 Å². The molecular formula is C9H14N4O4. The Balaban J connectivity index is 2.39. The summed E-state index contributed by atoms with van der Waals surface area (Å²) in [6, 6.07) is -0.292. The van der Waals surface area contributed by atoms with E-state index in [0.717, 1.165) is 0 Å². The smallest absolute Gasteiger partial charge is 0.381 e. The van der Waals surface area contributed by atoms with E-state index in [1.165, 1.54) is 17.1 Å². The van der Waals surface area contributed by atoms with E-state index in [4.69, 9.17) is 5.11 Å². The maximum Gasteiger partial charge on any atom is 0.381 e. The maximum absolute atomic E-state index is 11.3. The van der Waals surface area contributed by atoms with Crippen molar-refractivity contribution in [2.75, 3.05) is 6.61 Å². The number of amides is 1. The molecular weight excluding hydrogens is 228 g/mol. The number of rotatable bonds is 6. The number of aromatic nitrogens is 2. The van der Waals surface area contributed by atoms with E-state index < -0.39 is 4.92 Å². The Morgan fingerprint density at radius 1 is 1.76 bits per heavy atom. The Morgan fingerprint density at radius 2 is 2.47 bits per heavy atom. The molecule has 0 fully saturated rings. The van der Waals surface area contributed by atoms with Crippen molar-refractivity contribution in [1.82, 2.24) is 14.9 Å². The first kappa shape index (κ1) is 13.1. The fraction of sp³-hybridized carbons (Fsp3) is 0.556. The number of nitrogens with one attached hydrogen (secondary N) is 1. The van der Waals surface area contributed by atoms with Crippen LogP contribution in [-0.4, -0.2) is 38.1 Å². The first-order valence-electron chi connectivity index (χ1n) is 5.09. The van der Waals surface area contributed by atoms with Gasteiger partial charge in [0.15, 0.2) is 0 Å². The van der Waals surface area contributed by atoms with Crippen molar-refractivity contribution < 1.29 is 14.8 Å². The van der Waals surface area contributed by atoms with Crippen LogP contribution >= 0.6 is 0 Å². The average Bonchev–Trinajstić information content (AvgIpc) is 2.75. The Bertz CT molecular complexity index is 403. The van der Waals surface area contributed by atoms with Gasteiger partial charge in [0, 0.05) is 19.0 Å². The van der Waals surface area contributed by atoms with Gasteiger partial charge in [-0.15, -0.1) is 0 Å². The van der Waals surface area contributed by atoms with E-state index in [0.29, 0.717) is 6.54 Å². The molecule has 17 heavy (non-hydrogen) atoms. The highest BCUT2D eigenvalue weighted by molar-refractivity contribution is 5.76. The average molecular weight is 242 g/mol. The van der Waals surface area contributed by atoms with Crippen LogP contribution in [0.2, 0.25) is 0 Å². The molecule has 0 bridgehead atoms. The topological polar surface area (TPSA) is 110 Å².